The van der Waals surface area contributed by atoms with Crippen molar-refractivity contribution in [1.82, 2.24) is 5.32 Å². The standard InChI is InChI=1S/C20H25NO4S/c1-20(2,3)15-6-8-16(9-7-15)24-11-10-21-18(22)14-25-19(23)13-17-5-4-12-26-17/h4-9,12H,10-11,13-14H2,1-3H3,(H,21,22). The lowest BCUT2D eigenvalue weighted by Crippen LogP contribution is -2.32. The minimum atomic E-state index is -0.405. The smallest absolute Gasteiger partial charge is 0.311 e. The fourth-order valence-corrected chi connectivity index (χ4v) is 2.90. The Labute approximate surface area is 158 Å². The minimum absolute atomic E-state index is 0.105. The molecule has 0 saturated heterocycles. The number of nitrogens with one attached hydrogen (secondary N) is 1. The third-order valence-corrected chi connectivity index (χ3v) is 4.55. The molecule has 140 valence electrons. The largest absolute Gasteiger partial charge is 0.492 e. The third-order valence-electron chi connectivity index (χ3n) is 3.68. The molecule has 0 saturated carbocycles. The zero-order valence-corrected chi connectivity index (χ0v) is 16.2. The number of amides is 1. The van der Waals surface area contributed by atoms with E-state index in [4.69, 9.17) is 9.47 Å². The molecule has 2 aromatic rings. The van der Waals surface area contributed by atoms with Gasteiger partial charge in [0.15, 0.2) is 6.61 Å². The second-order valence-electron chi connectivity index (χ2n) is 6.89. The summed E-state index contributed by atoms with van der Waals surface area (Å²) in [6.45, 7) is 6.90. The molecule has 5 nitrogen and oxygen atoms in total. The van der Waals surface area contributed by atoms with Crippen molar-refractivity contribution in [3.8, 4) is 5.75 Å². The Balaban J connectivity index is 1.60. The van der Waals surface area contributed by atoms with E-state index >= 15 is 0 Å². The Bertz CT molecular complexity index is 702. The Kier molecular flexibility index (Phi) is 7.21. The van der Waals surface area contributed by atoms with E-state index in [1.165, 1.54) is 16.9 Å². The number of hydrogen-bond acceptors (Lipinski definition) is 5. The van der Waals surface area contributed by atoms with Crippen molar-refractivity contribution in [3.63, 3.8) is 0 Å². The summed E-state index contributed by atoms with van der Waals surface area (Å²) in [5.41, 5.74) is 1.34. The van der Waals surface area contributed by atoms with Crippen LogP contribution in [0.1, 0.15) is 31.2 Å². The van der Waals surface area contributed by atoms with Crippen LogP contribution in [0.15, 0.2) is 41.8 Å². The molecule has 0 atom stereocenters. The van der Waals surface area contributed by atoms with Crippen molar-refractivity contribution in [2.75, 3.05) is 19.8 Å². The van der Waals surface area contributed by atoms with Crippen LogP contribution < -0.4 is 10.1 Å². The average Bonchev–Trinajstić information content (AvgIpc) is 3.09. The summed E-state index contributed by atoms with van der Waals surface area (Å²) in [4.78, 5) is 24.2. The first-order valence-corrected chi connectivity index (χ1v) is 9.40. The number of hydrogen-bond donors (Lipinski definition) is 1. The average molecular weight is 375 g/mol. The maximum Gasteiger partial charge on any atom is 0.311 e. The zero-order valence-electron chi connectivity index (χ0n) is 15.4. The second-order valence-corrected chi connectivity index (χ2v) is 7.92. The van der Waals surface area contributed by atoms with E-state index in [2.05, 4.69) is 26.1 Å². The molecule has 2 rings (SSSR count). The molecule has 6 heteroatoms. The van der Waals surface area contributed by atoms with E-state index in [1.807, 2.05) is 41.8 Å². The monoisotopic (exact) mass is 375 g/mol. The van der Waals surface area contributed by atoms with Gasteiger partial charge in [0.2, 0.25) is 0 Å². The van der Waals surface area contributed by atoms with Crippen molar-refractivity contribution in [3.05, 3.63) is 52.2 Å². The molecule has 26 heavy (non-hydrogen) atoms. The number of ether oxygens (including phenoxy) is 2. The van der Waals surface area contributed by atoms with Crippen LogP contribution in [-0.2, 0) is 26.2 Å². The van der Waals surface area contributed by atoms with Crippen LogP contribution in [-0.4, -0.2) is 31.6 Å². The van der Waals surface area contributed by atoms with Crippen LogP contribution in [0.25, 0.3) is 0 Å². The highest BCUT2D eigenvalue weighted by molar-refractivity contribution is 7.10. The van der Waals surface area contributed by atoms with Crippen LogP contribution >= 0.6 is 11.3 Å². The fourth-order valence-electron chi connectivity index (χ4n) is 2.21. The highest BCUT2D eigenvalue weighted by atomic mass is 32.1. The fraction of sp³-hybridized carbons (Fsp3) is 0.400. The molecule has 0 unspecified atom stereocenters. The number of esters is 1. The van der Waals surface area contributed by atoms with Crippen molar-refractivity contribution in [1.29, 1.82) is 0 Å². The quantitative estimate of drug-likeness (QED) is 0.568. The van der Waals surface area contributed by atoms with Crippen LogP contribution in [0.4, 0.5) is 0 Å². The summed E-state index contributed by atoms with van der Waals surface area (Å²) in [5.74, 6) is 0.0172. The topological polar surface area (TPSA) is 64.6 Å². The van der Waals surface area contributed by atoms with Gasteiger partial charge in [0, 0.05) is 4.88 Å². The second kappa shape index (κ2) is 9.38. The predicted molar refractivity (Wildman–Crippen MR) is 103 cm³/mol. The van der Waals surface area contributed by atoms with Gasteiger partial charge < -0.3 is 14.8 Å². The first-order chi connectivity index (χ1) is 12.3. The first-order valence-electron chi connectivity index (χ1n) is 8.52. The van der Waals surface area contributed by atoms with Crippen molar-refractivity contribution >= 4 is 23.2 Å². The molecule has 1 aromatic carbocycles. The highest BCUT2D eigenvalue weighted by Crippen LogP contribution is 2.24. The van der Waals surface area contributed by atoms with Crippen molar-refractivity contribution < 1.29 is 19.1 Å². The van der Waals surface area contributed by atoms with Crippen LogP contribution in [0.3, 0.4) is 0 Å². The number of benzene rings is 1. The molecule has 0 radical (unpaired) electrons. The molecular formula is C20H25NO4S. The third kappa shape index (κ3) is 6.88. The maximum atomic E-state index is 11.7. The van der Waals surface area contributed by atoms with Crippen LogP contribution in [0, 0.1) is 0 Å². The predicted octanol–water partition coefficient (Wildman–Crippen LogP) is 3.33. The van der Waals surface area contributed by atoms with Gasteiger partial charge in [-0.05, 0) is 34.6 Å². The summed E-state index contributed by atoms with van der Waals surface area (Å²) >= 11 is 1.48. The van der Waals surface area contributed by atoms with E-state index in [-0.39, 0.29) is 24.3 Å². The summed E-state index contributed by atoms with van der Waals surface area (Å²) in [6, 6.07) is 11.7. The summed E-state index contributed by atoms with van der Waals surface area (Å²) in [5, 5.41) is 4.56. The highest BCUT2D eigenvalue weighted by Gasteiger charge is 2.13. The van der Waals surface area contributed by atoms with Gasteiger partial charge >= 0.3 is 5.97 Å². The van der Waals surface area contributed by atoms with Crippen LogP contribution in [0.2, 0.25) is 0 Å². The van der Waals surface area contributed by atoms with E-state index < -0.39 is 5.97 Å². The lowest BCUT2D eigenvalue weighted by atomic mass is 9.87. The Morgan fingerprint density at radius 2 is 1.85 bits per heavy atom. The van der Waals surface area contributed by atoms with Gasteiger partial charge in [-0.3, -0.25) is 9.59 Å². The van der Waals surface area contributed by atoms with Gasteiger partial charge in [-0.25, -0.2) is 0 Å². The van der Waals surface area contributed by atoms with E-state index in [1.54, 1.807) is 0 Å². The minimum Gasteiger partial charge on any atom is -0.492 e. The van der Waals surface area contributed by atoms with Gasteiger partial charge in [0.25, 0.3) is 5.91 Å². The molecule has 1 N–H and O–H groups in total. The number of thiophene rings is 1. The lowest BCUT2D eigenvalue weighted by molar-refractivity contribution is -0.147. The summed E-state index contributed by atoms with van der Waals surface area (Å²) in [7, 11) is 0. The van der Waals surface area contributed by atoms with E-state index in [9.17, 15) is 9.59 Å². The molecule has 1 heterocycles. The molecule has 0 spiro atoms. The van der Waals surface area contributed by atoms with Gasteiger partial charge in [0.05, 0.1) is 13.0 Å². The number of rotatable bonds is 8. The Morgan fingerprint density at radius 1 is 1.12 bits per heavy atom. The maximum absolute atomic E-state index is 11.7. The van der Waals surface area contributed by atoms with E-state index in [0.29, 0.717) is 13.2 Å². The SMILES string of the molecule is CC(C)(C)c1ccc(OCCNC(=O)COC(=O)Cc2cccs2)cc1. The number of carbonyl (C=O) groups is 2. The molecule has 0 aliphatic heterocycles. The summed E-state index contributed by atoms with van der Waals surface area (Å²) < 4.78 is 10.6. The molecular weight excluding hydrogens is 350 g/mol. The Morgan fingerprint density at radius 3 is 2.46 bits per heavy atom. The van der Waals surface area contributed by atoms with Gasteiger partial charge in [-0.1, -0.05) is 39.0 Å². The normalized spacial score (nSPS) is 11.0. The van der Waals surface area contributed by atoms with Crippen molar-refractivity contribution in [2.45, 2.75) is 32.6 Å². The van der Waals surface area contributed by atoms with E-state index in [0.717, 1.165) is 10.6 Å². The molecule has 0 fully saturated rings. The zero-order chi connectivity index (χ0) is 19.0. The molecule has 1 amide bonds. The van der Waals surface area contributed by atoms with Crippen LogP contribution in [0.5, 0.6) is 5.75 Å². The summed E-state index contributed by atoms with van der Waals surface area (Å²) in [6.07, 6.45) is 0.193. The molecule has 1 aromatic heterocycles. The van der Waals surface area contributed by atoms with Crippen molar-refractivity contribution in [2.24, 2.45) is 0 Å². The first kappa shape index (κ1) is 20.0. The molecule has 0 aliphatic rings. The van der Waals surface area contributed by atoms with Gasteiger partial charge in [-0.2, -0.15) is 0 Å². The molecule has 0 bridgehead atoms. The van der Waals surface area contributed by atoms with Gasteiger partial charge in [-0.15, -0.1) is 11.3 Å². The number of carbonyl (C=O) groups excluding carboxylic acids is 2. The Hall–Kier alpha value is -2.34. The molecule has 0 aliphatic carbocycles. The lowest BCUT2D eigenvalue weighted by Gasteiger charge is -2.19. The van der Waals surface area contributed by atoms with Gasteiger partial charge in [0.1, 0.15) is 12.4 Å².